The maximum absolute atomic E-state index is 2.23. The van der Waals surface area contributed by atoms with Crippen molar-refractivity contribution in [1.29, 1.82) is 0 Å². The van der Waals surface area contributed by atoms with Gasteiger partial charge in [-0.15, -0.1) is 11.3 Å². The molecule has 0 amide bonds. The summed E-state index contributed by atoms with van der Waals surface area (Å²) in [7, 11) is 0. The van der Waals surface area contributed by atoms with Crippen LogP contribution in [-0.2, 0) is 12.8 Å². The van der Waals surface area contributed by atoms with Crippen LogP contribution >= 0.6 is 11.3 Å². The van der Waals surface area contributed by atoms with Crippen LogP contribution in [0.3, 0.4) is 0 Å². The van der Waals surface area contributed by atoms with Crippen LogP contribution in [-0.4, -0.2) is 0 Å². The highest BCUT2D eigenvalue weighted by atomic mass is 32.1. The molecule has 0 atom stereocenters. The Balaban J connectivity index is 2.69. The average molecular weight is 110 g/mol. The summed E-state index contributed by atoms with van der Waals surface area (Å²) in [6, 6.07) is 2.23. The summed E-state index contributed by atoms with van der Waals surface area (Å²) in [5.74, 6) is 0. The molecular weight excluding hydrogens is 104 g/mol. The summed E-state index contributed by atoms with van der Waals surface area (Å²) >= 11 is 1.89. The Bertz CT molecular complexity index is 158. The maximum atomic E-state index is 2.23. The van der Waals surface area contributed by atoms with Gasteiger partial charge in [-0.2, -0.15) is 0 Å². The second kappa shape index (κ2) is 1.10. The van der Waals surface area contributed by atoms with E-state index in [1.54, 1.807) is 10.4 Å². The Morgan fingerprint density at radius 1 is 1.43 bits per heavy atom. The molecule has 0 aromatic carbocycles. The monoisotopic (exact) mass is 110 g/mol. The van der Waals surface area contributed by atoms with Crippen LogP contribution in [0.4, 0.5) is 0 Å². The summed E-state index contributed by atoms with van der Waals surface area (Å²) in [6.07, 6.45) is 2.67. The topological polar surface area (TPSA) is 0 Å². The molecular formula is C6H6S. The van der Waals surface area contributed by atoms with Crippen molar-refractivity contribution < 1.29 is 0 Å². The third-order valence-corrected chi connectivity index (χ3v) is 2.48. The molecule has 0 nitrogen and oxygen atoms in total. The molecule has 0 radical (unpaired) electrons. The molecule has 1 aliphatic rings. The van der Waals surface area contributed by atoms with E-state index < -0.39 is 0 Å². The third-order valence-electron chi connectivity index (χ3n) is 1.46. The molecule has 0 saturated heterocycles. The number of hydrogen-bond acceptors (Lipinski definition) is 1. The smallest absolute Gasteiger partial charge is 0.00806 e. The molecule has 1 heteroatoms. The summed E-state index contributed by atoms with van der Waals surface area (Å²) in [5.41, 5.74) is 1.59. The van der Waals surface area contributed by atoms with Gasteiger partial charge in [0.2, 0.25) is 0 Å². The van der Waals surface area contributed by atoms with Crippen LogP contribution in [0.1, 0.15) is 10.4 Å². The Hall–Kier alpha value is -0.300. The first-order chi connectivity index (χ1) is 3.47. The van der Waals surface area contributed by atoms with Crippen molar-refractivity contribution in [3.05, 3.63) is 21.9 Å². The highest BCUT2D eigenvalue weighted by molar-refractivity contribution is 7.10. The lowest BCUT2D eigenvalue weighted by molar-refractivity contribution is 0.872. The molecule has 0 aliphatic heterocycles. The molecule has 0 unspecified atom stereocenters. The normalized spacial score (nSPS) is 15.4. The predicted octanol–water partition coefficient (Wildman–Crippen LogP) is 1.85. The molecule has 0 fully saturated rings. The van der Waals surface area contributed by atoms with Crippen LogP contribution in [0.25, 0.3) is 0 Å². The second-order valence-corrected chi connectivity index (χ2v) is 2.87. The second-order valence-electron chi connectivity index (χ2n) is 1.87. The van der Waals surface area contributed by atoms with Gasteiger partial charge in [0.05, 0.1) is 0 Å². The Morgan fingerprint density at radius 3 is 2.71 bits per heavy atom. The van der Waals surface area contributed by atoms with Crippen LogP contribution in [0.5, 0.6) is 0 Å². The van der Waals surface area contributed by atoms with E-state index in [1.165, 1.54) is 12.8 Å². The van der Waals surface area contributed by atoms with Gasteiger partial charge in [0.25, 0.3) is 0 Å². The Kier molecular flexibility index (Phi) is 0.577. The van der Waals surface area contributed by atoms with Gasteiger partial charge in [-0.05, 0) is 29.9 Å². The SMILES string of the molecule is c1cc2c(s1)CC2. The van der Waals surface area contributed by atoms with Gasteiger partial charge in [-0.25, -0.2) is 0 Å². The first-order valence-corrected chi connectivity index (χ1v) is 3.40. The fourth-order valence-electron chi connectivity index (χ4n) is 0.881. The van der Waals surface area contributed by atoms with Crippen LogP contribution in [0.15, 0.2) is 11.4 Å². The van der Waals surface area contributed by atoms with Gasteiger partial charge in [-0.1, -0.05) is 0 Å². The van der Waals surface area contributed by atoms with Crippen molar-refractivity contribution in [1.82, 2.24) is 0 Å². The lowest BCUT2D eigenvalue weighted by atomic mass is 9.99. The van der Waals surface area contributed by atoms with Crippen LogP contribution in [0.2, 0.25) is 0 Å². The molecule has 0 saturated carbocycles. The van der Waals surface area contributed by atoms with E-state index in [-0.39, 0.29) is 0 Å². The number of hydrogen-bond donors (Lipinski definition) is 0. The van der Waals surface area contributed by atoms with Crippen LogP contribution < -0.4 is 0 Å². The highest BCUT2D eigenvalue weighted by Crippen LogP contribution is 2.27. The zero-order valence-electron chi connectivity index (χ0n) is 3.98. The van der Waals surface area contributed by atoms with E-state index >= 15 is 0 Å². The minimum absolute atomic E-state index is 1.33. The summed E-state index contributed by atoms with van der Waals surface area (Å²) in [5, 5.41) is 2.18. The van der Waals surface area contributed by atoms with E-state index in [4.69, 9.17) is 0 Å². The van der Waals surface area contributed by atoms with Gasteiger partial charge >= 0.3 is 0 Å². The standard InChI is InChI=1S/C6H6S/c1-2-6-5(1)3-4-7-6/h3-4H,1-2H2. The minimum Gasteiger partial charge on any atom is -0.149 e. The maximum Gasteiger partial charge on any atom is 0.00806 e. The van der Waals surface area contributed by atoms with Gasteiger partial charge < -0.3 is 0 Å². The third kappa shape index (κ3) is 0.361. The lowest BCUT2D eigenvalue weighted by Gasteiger charge is -2.09. The number of thiophene rings is 1. The molecule has 7 heavy (non-hydrogen) atoms. The molecule has 1 aliphatic carbocycles. The number of fused-ring (bicyclic) bond motifs is 1. The zero-order chi connectivity index (χ0) is 4.69. The largest absolute Gasteiger partial charge is 0.149 e. The van der Waals surface area contributed by atoms with Crippen molar-refractivity contribution in [3.8, 4) is 0 Å². The first kappa shape index (κ1) is 3.67. The first-order valence-electron chi connectivity index (χ1n) is 2.52. The fourth-order valence-corrected chi connectivity index (χ4v) is 1.82. The highest BCUT2D eigenvalue weighted by Gasteiger charge is 2.11. The van der Waals surface area contributed by atoms with Crippen molar-refractivity contribution in [2.24, 2.45) is 0 Å². The van der Waals surface area contributed by atoms with E-state index in [1.807, 2.05) is 11.3 Å². The number of aryl methyl sites for hydroxylation is 2. The molecule has 0 spiro atoms. The van der Waals surface area contributed by atoms with Crippen molar-refractivity contribution in [2.45, 2.75) is 12.8 Å². The summed E-state index contributed by atoms with van der Waals surface area (Å²) in [4.78, 5) is 1.61. The van der Waals surface area contributed by atoms with Crippen molar-refractivity contribution in [3.63, 3.8) is 0 Å². The molecule has 36 valence electrons. The molecule has 0 bridgehead atoms. The van der Waals surface area contributed by atoms with E-state index in [2.05, 4.69) is 11.4 Å². The minimum atomic E-state index is 1.33. The summed E-state index contributed by atoms with van der Waals surface area (Å²) < 4.78 is 0. The summed E-state index contributed by atoms with van der Waals surface area (Å²) in [6.45, 7) is 0. The van der Waals surface area contributed by atoms with Crippen molar-refractivity contribution >= 4 is 11.3 Å². The van der Waals surface area contributed by atoms with Gasteiger partial charge in [0.15, 0.2) is 0 Å². The zero-order valence-corrected chi connectivity index (χ0v) is 4.79. The quantitative estimate of drug-likeness (QED) is 0.478. The van der Waals surface area contributed by atoms with Gasteiger partial charge in [0, 0.05) is 4.88 Å². The van der Waals surface area contributed by atoms with Crippen LogP contribution in [0, 0.1) is 0 Å². The number of rotatable bonds is 0. The van der Waals surface area contributed by atoms with E-state index in [0.29, 0.717) is 0 Å². The molecule has 1 aromatic rings. The van der Waals surface area contributed by atoms with Crippen molar-refractivity contribution in [2.75, 3.05) is 0 Å². The van der Waals surface area contributed by atoms with Gasteiger partial charge in [-0.3, -0.25) is 0 Å². The molecule has 1 aromatic heterocycles. The van der Waals surface area contributed by atoms with E-state index in [9.17, 15) is 0 Å². The van der Waals surface area contributed by atoms with Gasteiger partial charge in [0.1, 0.15) is 0 Å². The lowest BCUT2D eigenvalue weighted by Crippen LogP contribution is -2.01. The average Bonchev–Trinajstić information content (AvgIpc) is 1.85. The predicted molar refractivity (Wildman–Crippen MR) is 31.7 cm³/mol. The molecule has 1 heterocycles. The van der Waals surface area contributed by atoms with E-state index in [0.717, 1.165) is 0 Å². The Morgan fingerprint density at radius 2 is 2.43 bits per heavy atom. The molecule has 2 rings (SSSR count). The Labute approximate surface area is 46.8 Å². The fraction of sp³-hybridized carbons (Fsp3) is 0.333. The molecule has 0 N–H and O–H groups in total.